The Labute approximate surface area is 222 Å². The molecule has 3 aromatic carbocycles. The number of carbonyl (C=O) groups excluding carboxylic acids is 1. The van der Waals surface area contributed by atoms with Crippen molar-refractivity contribution in [2.24, 2.45) is 5.92 Å². The maximum absolute atomic E-state index is 13.6. The molecule has 4 rings (SSSR count). The number of nitriles is 1. The highest BCUT2D eigenvalue weighted by atomic mass is 19.1. The Morgan fingerprint density at radius 2 is 1.71 bits per heavy atom. The first-order chi connectivity index (χ1) is 18.4. The third-order valence-corrected chi connectivity index (χ3v) is 7.03. The Morgan fingerprint density at radius 1 is 1.00 bits per heavy atom. The van der Waals surface area contributed by atoms with Crippen molar-refractivity contribution in [2.75, 3.05) is 25.0 Å². The quantitative estimate of drug-likeness (QED) is 0.284. The number of benzene rings is 3. The van der Waals surface area contributed by atoms with E-state index in [1.165, 1.54) is 12.8 Å². The standard InChI is InChI=1S/C31H32F2N4O/c32-27-18-28(33)20-29(19-27)36-31(38)17-26(30(35)12-15-37-13-1-2-14-37)11-8-22-6-9-24(10-7-22)25-5-3-4-23(16-25)21-34/h3-7,9-10,16,18-20,26,35H,1-2,8,11-15,17H2,(H,36,38). The molecule has 7 heteroatoms. The number of nitrogens with one attached hydrogen (secondary N) is 2. The first-order valence-electron chi connectivity index (χ1n) is 13.0. The van der Waals surface area contributed by atoms with Crippen molar-refractivity contribution in [3.63, 3.8) is 0 Å². The molecule has 0 radical (unpaired) electrons. The van der Waals surface area contributed by atoms with E-state index >= 15 is 0 Å². The smallest absolute Gasteiger partial charge is 0.225 e. The van der Waals surface area contributed by atoms with Gasteiger partial charge in [-0.05, 0) is 86.1 Å². The summed E-state index contributed by atoms with van der Waals surface area (Å²) in [7, 11) is 0. The summed E-state index contributed by atoms with van der Waals surface area (Å²) in [6.45, 7) is 2.91. The summed E-state index contributed by atoms with van der Waals surface area (Å²) in [5.74, 6) is -2.14. The number of anilines is 1. The lowest BCUT2D eigenvalue weighted by molar-refractivity contribution is -0.116. The van der Waals surface area contributed by atoms with Crippen molar-refractivity contribution >= 4 is 17.3 Å². The summed E-state index contributed by atoms with van der Waals surface area (Å²) in [5.41, 5.74) is 4.30. The number of nitrogens with zero attached hydrogens (tertiary/aromatic N) is 2. The molecule has 38 heavy (non-hydrogen) atoms. The van der Waals surface area contributed by atoms with E-state index in [1.54, 1.807) is 6.07 Å². The van der Waals surface area contributed by atoms with Crippen LogP contribution in [0.25, 0.3) is 11.1 Å². The van der Waals surface area contributed by atoms with Crippen LogP contribution < -0.4 is 5.32 Å². The van der Waals surface area contributed by atoms with Crippen LogP contribution in [-0.4, -0.2) is 36.2 Å². The van der Waals surface area contributed by atoms with Gasteiger partial charge in [-0.25, -0.2) is 8.78 Å². The van der Waals surface area contributed by atoms with Gasteiger partial charge < -0.3 is 15.6 Å². The van der Waals surface area contributed by atoms with Gasteiger partial charge in [-0.1, -0.05) is 36.4 Å². The lowest BCUT2D eigenvalue weighted by atomic mass is 9.89. The second-order valence-electron chi connectivity index (χ2n) is 9.86. The normalized spacial score (nSPS) is 14.1. The molecule has 0 aliphatic carbocycles. The number of carbonyl (C=O) groups is 1. The number of aryl methyl sites for hydroxylation is 1. The zero-order valence-electron chi connectivity index (χ0n) is 21.4. The van der Waals surface area contributed by atoms with Crippen LogP contribution in [0.5, 0.6) is 0 Å². The van der Waals surface area contributed by atoms with E-state index in [2.05, 4.69) is 16.3 Å². The Kier molecular flexibility index (Phi) is 9.34. The zero-order valence-corrected chi connectivity index (χ0v) is 21.4. The molecule has 0 bridgehead atoms. The van der Waals surface area contributed by atoms with Gasteiger partial charge in [-0.15, -0.1) is 0 Å². The van der Waals surface area contributed by atoms with Crippen molar-refractivity contribution in [3.05, 3.63) is 89.5 Å². The fourth-order valence-electron chi connectivity index (χ4n) is 4.92. The summed E-state index contributed by atoms with van der Waals surface area (Å²) in [6.07, 6.45) is 4.35. The average Bonchev–Trinajstić information content (AvgIpc) is 3.43. The van der Waals surface area contributed by atoms with Crippen LogP contribution in [0.15, 0.2) is 66.7 Å². The number of rotatable bonds is 11. The Morgan fingerprint density at radius 3 is 2.39 bits per heavy atom. The number of hydrogen-bond donors (Lipinski definition) is 2. The van der Waals surface area contributed by atoms with Gasteiger partial charge in [0.15, 0.2) is 0 Å². The summed E-state index contributed by atoms with van der Waals surface area (Å²) in [6, 6.07) is 20.7. The highest BCUT2D eigenvalue weighted by Crippen LogP contribution is 2.24. The highest BCUT2D eigenvalue weighted by Gasteiger charge is 2.21. The molecule has 0 saturated carbocycles. The molecule has 0 spiro atoms. The van der Waals surface area contributed by atoms with Crippen LogP contribution in [0.4, 0.5) is 14.5 Å². The molecule has 1 unspecified atom stereocenters. The summed E-state index contributed by atoms with van der Waals surface area (Å²) >= 11 is 0. The molecule has 5 nitrogen and oxygen atoms in total. The largest absolute Gasteiger partial charge is 0.326 e. The van der Waals surface area contributed by atoms with Crippen molar-refractivity contribution in [1.82, 2.24) is 4.90 Å². The minimum atomic E-state index is -0.752. The molecule has 1 aliphatic heterocycles. The summed E-state index contributed by atoms with van der Waals surface area (Å²) in [5, 5.41) is 20.5. The van der Waals surface area contributed by atoms with Gasteiger partial charge in [0.2, 0.25) is 5.91 Å². The van der Waals surface area contributed by atoms with Gasteiger partial charge in [0.1, 0.15) is 11.6 Å². The third-order valence-electron chi connectivity index (χ3n) is 7.03. The maximum Gasteiger partial charge on any atom is 0.225 e. The Balaban J connectivity index is 1.40. The molecule has 1 atom stereocenters. The first kappa shape index (κ1) is 27.2. The van der Waals surface area contributed by atoms with Gasteiger partial charge >= 0.3 is 0 Å². The molecule has 2 N–H and O–H groups in total. The minimum absolute atomic E-state index is 0.0749. The monoisotopic (exact) mass is 514 g/mol. The van der Waals surface area contributed by atoms with E-state index in [0.717, 1.165) is 54.5 Å². The number of hydrogen-bond acceptors (Lipinski definition) is 4. The van der Waals surface area contributed by atoms with E-state index < -0.39 is 11.6 Å². The molecule has 1 heterocycles. The van der Waals surface area contributed by atoms with Gasteiger partial charge in [-0.3, -0.25) is 4.79 Å². The van der Waals surface area contributed by atoms with Crippen molar-refractivity contribution in [3.8, 4) is 17.2 Å². The van der Waals surface area contributed by atoms with Crippen LogP contribution in [0.3, 0.4) is 0 Å². The third kappa shape index (κ3) is 7.80. The number of halogens is 2. The summed E-state index contributed by atoms with van der Waals surface area (Å²) in [4.78, 5) is 15.1. The topological polar surface area (TPSA) is 80.0 Å². The first-order valence-corrected chi connectivity index (χ1v) is 13.0. The molecule has 1 aliphatic rings. The van der Waals surface area contributed by atoms with E-state index in [-0.39, 0.29) is 23.9 Å². The zero-order chi connectivity index (χ0) is 26.9. The van der Waals surface area contributed by atoms with Gasteiger partial charge in [0.25, 0.3) is 0 Å². The molecule has 3 aromatic rings. The second-order valence-corrected chi connectivity index (χ2v) is 9.86. The highest BCUT2D eigenvalue weighted by molar-refractivity contribution is 5.95. The average molecular weight is 515 g/mol. The SMILES string of the molecule is N#Cc1cccc(-c2ccc(CCC(CC(=O)Nc3cc(F)cc(F)c3)C(=N)CCN3CCCC3)cc2)c1. The van der Waals surface area contributed by atoms with Gasteiger partial charge in [-0.2, -0.15) is 5.26 Å². The van der Waals surface area contributed by atoms with Crippen LogP contribution in [-0.2, 0) is 11.2 Å². The molecule has 1 saturated heterocycles. The molecule has 1 amide bonds. The number of likely N-dealkylation sites (tertiary alicyclic amines) is 1. The van der Waals surface area contributed by atoms with E-state index in [4.69, 9.17) is 10.7 Å². The second kappa shape index (κ2) is 13.1. The van der Waals surface area contributed by atoms with Crippen LogP contribution >= 0.6 is 0 Å². The molecule has 196 valence electrons. The fraction of sp³-hybridized carbons (Fsp3) is 0.323. The fourth-order valence-corrected chi connectivity index (χ4v) is 4.92. The van der Waals surface area contributed by atoms with Gasteiger partial charge in [0.05, 0.1) is 11.6 Å². The molecular weight excluding hydrogens is 482 g/mol. The Bertz CT molecular complexity index is 1290. The van der Waals surface area contributed by atoms with E-state index in [9.17, 15) is 13.6 Å². The molecular formula is C31H32F2N4O. The lowest BCUT2D eigenvalue weighted by Gasteiger charge is -2.21. The summed E-state index contributed by atoms with van der Waals surface area (Å²) < 4.78 is 27.1. The van der Waals surface area contributed by atoms with Crippen molar-refractivity contribution in [2.45, 2.75) is 38.5 Å². The molecule has 0 aromatic heterocycles. The van der Waals surface area contributed by atoms with Crippen LogP contribution in [0.2, 0.25) is 0 Å². The minimum Gasteiger partial charge on any atom is -0.326 e. The van der Waals surface area contributed by atoms with Crippen molar-refractivity contribution < 1.29 is 13.6 Å². The lowest BCUT2D eigenvalue weighted by Crippen LogP contribution is -2.27. The molecule has 1 fully saturated rings. The van der Waals surface area contributed by atoms with Gasteiger partial charge in [0, 0.05) is 36.3 Å². The van der Waals surface area contributed by atoms with Crippen molar-refractivity contribution in [1.29, 1.82) is 10.7 Å². The number of amides is 1. The predicted octanol–water partition coefficient (Wildman–Crippen LogP) is 6.59. The van der Waals surface area contributed by atoms with E-state index in [1.807, 2.05) is 42.5 Å². The van der Waals surface area contributed by atoms with E-state index in [0.29, 0.717) is 30.5 Å². The predicted molar refractivity (Wildman–Crippen MR) is 146 cm³/mol. The Hall–Kier alpha value is -3.89. The maximum atomic E-state index is 13.6. The van der Waals surface area contributed by atoms with Crippen LogP contribution in [0.1, 0.15) is 43.2 Å². The van der Waals surface area contributed by atoms with Crippen LogP contribution in [0, 0.1) is 34.3 Å².